The maximum atomic E-state index is 11.9. The van der Waals surface area contributed by atoms with Crippen LogP contribution in [0.4, 0.5) is 0 Å². The lowest BCUT2D eigenvalue weighted by Gasteiger charge is -2.37. The highest BCUT2D eigenvalue weighted by Crippen LogP contribution is 2.20. The van der Waals surface area contributed by atoms with E-state index >= 15 is 0 Å². The average Bonchev–Trinajstić information content (AvgIpc) is 2.18. The van der Waals surface area contributed by atoms with Crippen LogP contribution >= 0.6 is 0 Å². The number of nitrogens with two attached hydrogens (primary N) is 1. The molecule has 1 atom stereocenters. The Kier molecular flexibility index (Phi) is 3.73. The van der Waals surface area contributed by atoms with E-state index in [1.165, 1.54) is 0 Å². The summed E-state index contributed by atoms with van der Waals surface area (Å²) in [5.41, 5.74) is 4.98. The molecular formula is C11H22N2O2. The van der Waals surface area contributed by atoms with E-state index in [9.17, 15) is 4.79 Å². The standard InChI is InChI=1S/C11H22N2O2/c1-4-11(3,12)9(14)13-10(2)5-7-15-8-6-10/h4-8,12H2,1-3H3,(H,13,14). The van der Waals surface area contributed by atoms with Gasteiger partial charge in [-0.1, -0.05) is 6.92 Å². The smallest absolute Gasteiger partial charge is 0.240 e. The predicted octanol–water partition coefficient (Wildman–Crippen LogP) is 0.799. The summed E-state index contributed by atoms with van der Waals surface area (Å²) in [7, 11) is 0. The Morgan fingerprint density at radius 1 is 1.53 bits per heavy atom. The molecule has 0 bridgehead atoms. The second kappa shape index (κ2) is 4.49. The molecule has 0 aromatic heterocycles. The second-order valence-corrected chi connectivity index (χ2v) is 4.90. The van der Waals surface area contributed by atoms with Crippen LogP contribution in [0.1, 0.15) is 40.0 Å². The summed E-state index contributed by atoms with van der Waals surface area (Å²) in [5, 5.41) is 3.04. The molecule has 1 aliphatic rings. The van der Waals surface area contributed by atoms with Gasteiger partial charge >= 0.3 is 0 Å². The number of rotatable bonds is 3. The minimum atomic E-state index is -0.763. The van der Waals surface area contributed by atoms with Crippen molar-refractivity contribution in [1.82, 2.24) is 5.32 Å². The maximum Gasteiger partial charge on any atom is 0.240 e. The van der Waals surface area contributed by atoms with Crippen molar-refractivity contribution in [3.63, 3.8) is 0 Å². The Bertz CT molecular complexity index is 233. The molecule has 88 valence electrons. The lowest BCUT2D eigenvalue weighted by Crippen LogP contribution is -2.59. The molecule has 1 unspecified atom stereocenters. The molecule has 15 heavy (non-hydrogen) atoms. The van der Waals surface area contributed by atoms with Crippen molar-refractivity contribution in [2.45, 2.75) is 51.1 Å². The van der Waals surface area contributed by atoms with Crippen molar-refractivity contribution in [2.24, 2.45) is 5.73 Å². The van der Waals surface area contributed by atoms with Gasteiger partial charge in [0.2, 0.25) is 5.91 Å². The Morgan fingerprint density at radius 3 is 2.53 bits per heavy atom. The van der Waals surface area contributed by atoms with Crippen molar-refractivity contribution >= 4 is 5.91 Å². The van der Waals surface area contributed by atoms with Crippen LogP contribution in [0.3, 0.4) is 0 Å². The summed E-state index contributed by atoms with van der Waals surface area (Å²) >= 11 is 0. The van der Waals surface area contributed by atoms with Gasteiger partial charge in [0.25, 0.3) is 0 Å². The molecule has 1 saturated heterocycles. The normalized spacial score (nSPS) is 24.3. The van der Waals surface area contributed by atoms with Gasteiger partial charge in [0.1, 0.15) is 0 Å². The lowest BCUT2D eigenvalue weighted by molar-refractivity contribution is -0.128. The van der Waals surface area contributed by atoms with E-state index in [1.54, 1.807) is 6.92 Å². The van der Waals surface area contributed by atoms with Crippen LogP contribution in [-0.2, 0) is 9.53 Å². The predicted molar refractivity (Wildman–Crippen MR) is 59.5 cm³/mol. The largest absolute Gasteiger partial charge is 0.381 e. The number of amides is 1. The molecule has 1 amide bonds. The van der Waals surface area contributed by atoms with Crippen molar-refractivity contribution in [1.29, 1.82) is 0 Å². The highest BCUT2D eigenvalue weighted by molar-refractivity contribution is 5.86. The lowest BCUT2D eigenvalue weighted by atomic mass is 9.90. The highest BCUT2D eigenvalue weighted by atomic mass is 16.5. The molecule has 1 heterocycles. The molecule has 4 nitrogen and oxygen atoms in total. The molecule has 4 heteroatoms. The van der Waals surface area contributed by atoms with Gasteiger partial charge < -0.3 is 15.8 Å². The molecule has 3 N–H and O–H groups in total. The van der Waals surface area contributed by atoms with Crippen LogP contribution in [0, 0.1) is 0 Å². The fourth-order valence-corrected chi connectivity index (χ4v) is 1.52. The van der Waals surface area contributed by atoms with Crippen LogP contribution in [0.25, 0.3) is 0 Å². The average molecular weight is 214 g/mol. The van der Waals surface area contributed by atoms with E-state index in [4.69, 9.17) is 10.5 Å². The van der Waals surface area contributed by atoms with Crippen LogP contribution < -0.4 is 11.1 Å². The molecule has 0 radical (unpaired) electrons. The summed E-state index contributed by atoms with van der Waals surface area (Å²) < 4.78 is 5.28. The fourth-order valence-electron chi connectivity index (χ4n) is 1.52. The van der Waals surface area contributed by atoms with E-state index in [1.807, 2.05) is 6.92 Å². The van der Waals surface area contributed by atoms with E-state index in [2.05, 4.69) is 12.2 Å². The van der Waals surface area contributed by atoms with Gasteiger partial charge in [-0.2, -0.15) is 0 Å². The molecule has 1 aliphatic heterocycles. The van der Waals surface area contributed by atoms with Gasteiger partial charge in [-0.25, -0.2) is 0 Å². The zero-order chi connectivity index (χ0) is 11.5. The van der Waals surface area contributed by atoms with Crippen molar-refractivity contribution < 1.29 is 9.53 Å². The highest BCUT2D eigenvalue weighted by Gasteiger charge is 2.34. The Morgan fingerprint density at radius 2 is 2.07 bits per heavy atom. The summed E-state index contributed by atoms with van der Waals surface area (Å²) in [6.07, 6.45) is 2.36. The first-order valence-electron chi connectivity index (χ1n) is 5.59. The Balaban J connectivity index is 2.56. The monoisotopic (exact) mass is 214 g/mol. The van der Waals surface area contributed by atoms with Gasteiger partial charge in [-0.15, -0.1) is 0 Å². The van der Waals surface area contributed by atoms with Gasteiger partial charge in [-0.05, 0) is 33.1 Å². The topological polar surface area (TPSA) is 64.4 Å². The third kappa shape index (κ3) is 3.18. The van der Waals surface area contributed by atoms with Crippen molar-refractivity contribution in [3.05, 3.63) is 0 Å². The van der Waals surface area contributed by atoms with Crippen molar-refractivity contribution in [2.75, 3.05) is 13.2 Å². The molecule has 1 rings (SSSR count). The summed E-state index contributed by atoms with van der Waals surface area (Å²) in [5.74, 6) is -0.0607. The summed E-state index contributed by atoms with van der Waals surface area (Å²) in [6, 6.07) is 0. The zero-order valence-corrected chi connectivity index (χ0v) is 9.93. The van der Waals surface area contributed by atoms with Crippen LogP contribution in [-0.4, -0.2) is 30.2 Å². The first-order chi connectivity index (χ1) is 6.90. The summed E-state index contributed by atoms with van der Waals surface area (Å²) in [6.45, 7) is 7.17. The maximum absolute atomic E-state index is 11.9. The van der Waals surface area contributed by atoms with E-state index in [0.717, 1.165) is 12.8 Å². The summed E-state index contributed by atoms with van der Waals surface area (Å²) in [4.78, 5) is 11.9. The third-order valence-corrected chi connectivity index (χ3v) is 3.26. The zero-order valence-electron chi connectivity index (χ0n) is 9.93. The third-order valence-electron chi connectivity index (χ3n) is 3.26. The fraction of sp³-hybridized carbons (Fsp3) is 0.909. The molecular weight excluding hydrogens is 192 g/mol. The molecule has 0 saturated carbocycles. The van der Waals surface area contributed by atoms with Gasteiger partial charge in [0.05, 0.1) is 5.54 Å². The number of hydrogen-bond acceptors (Lipinski definition) is 3. The quantitative estimate of drug-likeness (QED) is 0.730. The van der Waals surface area contributed by atoms with E-state index in [-0.39, 0.29) is 11.4 Å². The molecule has 0 aliphatic carbocycles. The minimum absolute atomic E-state index is 0.0607. The first kappa shape index (κ1) is 12.5. The molecule has 0 aromatic rings. The number of ether oxygens (including phenoxy) is 1. The number of carbonyl (C=O) groups excluding carboxylic acids is 1. The van der Waals surface area contributed by atoms with E-state index < -0.39 is 5.54 Å². The first-order valence-corrected chi connectivity index (χ1v) is 5.59. The number of hydrogen-bond donors (Lipinski definition) is 2. The minimum Gasteiger partial charge on any atom is -0.381 e. The second-order valence-electron chi connectivity index (χ2n) is 4.90. The van der Waals surface area contributed by atoms with Gasteiger partial charge in [-0.3, -0.25) is 4.79 Å². The number of carbonyl (C=O) groups is 1. The SMILES string of the molecule is CCC(C)(N)C(=O)NC1(C)CCOCC1. The molecule has 0 aromatic carbocycles. The molecule has 0 spiro atoms. The van der Waals surface area contributed by atoms with Crippen LogP contribution in [0.15, 0.2) is 0 Å². The van der Waals surface area contributed by atoms with Gasteiger partial charge in [0, 0.05) is 18.8 Å². The number of nitrogens with one attached hydrogen (secondary N) is 1. The van der Waals surface area contributed by atoms with Crippen molar-refractivity contribution in [3.8, 4) is 0 Å². The Labute approximate surface area is 91.5 Å². The van der Waals surface area contributed by atoms with E-state index in [0.29, 0.717) is 19.6 Å². The van der Waals surface area contributed by atoms with Crippen LogP contribution in [0.5, 0.6) is 0 Å². The Hall–Kier alpha value is -0.610. The molecule has 1 fully saturated rings. The van der Waals surface area contributed by atoms with Gasteiger partial charge in [0.15, 0.2) is 0 Å². The van der Waals surface area contributed by atoms with Crippen LogP contribution in [0.2, 0.25) is 0 Å².